The maximum atomic E-state index is 11.6. The van der Waals surface area contributed by atoms with Crippen LogP contribution in [-0.2, 0) is 16.1 Å². The predicted octanol–water partition coefficient (Wildman–Crippen LogP) is 0.597. The summed E-state index contributed by atoms with van der Waals surface area (Å²) in [5, 5.41) is 0. The van der Waals surface area contributed by atoms with Crippen LogP contribution in [0, 0.1) is 0 Å². The van der Waals surface area contributed by atoms with Crippen molar-refractivity contribution < 1.29 is 9.59 Å². The minimum Gasteiger partial charge on any atom is -0.336 e. The highest BCUT2D eigenvalue weighted by Gasteiger charge is 2.30. The summed E-state index contributed by atoms with van der Waals surface area (Å²) >= 11 is 7.02. The molecule has 2 heterocycles. The fourth-order valence-electron chi connectivity index (χ4n) is 1.47. The van der Waals surface area contributed by atoms with E-state index in [4.69, 9.17) is 11.6 Å². The Kier molecular flexibility index (Phi) is 3.11. The van der Waals surface area contributed by atoms with Crippen LogP contribution in [-0.4, -0.2) is 46.7 Å². The number of thiazole rings is 1. The van der Waals surface area contributed by atoms with E-state index in [1.807, 2.05) is 0 Å². The molecule has 0 saturated carbocycles. The summed E-state index contributed by atoms with van der Waals surface area (Å²) in [6.07, 6.45) is 1.63. The molecule has 0 spiro atoms. The fraction of sp³-hybridized carbons (Fsp3) is 0.444. The van der Waals surface area contributed by atoms with Gasteiger partial charge in [0, 0.05) is 31.2 Å². The van der Waals surface area contributed by atoms with Crippen molar-refractivity contribution >= 4 is 34.8 Å². The third kappa shape index (κ3) is 2.17. The van der Waals surface area contributed by atoms with Crippen molar-refractivity contribution in [2.75, 3.05) is 20.1 Å². The topological polar surface area (TPSA) is 53.5 Å². The quantitative estimate of drug-likeness (QED) is 0.731. The van der Waals surface area contributed by atoms with Gasteiger partial charge in [-0.2, -0.15) is 0 Å². The molecule has 1 fully saturated rings. The number of nitrogens with zero attached hydrogens (tertiary/aromatic N) is 3. The Labute approximate surface area is 102 Å². The summed E-state index contributed by atoms with van der Waals surface area (Å²) in [6, 6.07) is 0. The van der Waals surface area contributed by atoms with Gasteiger partial charge >= 0.3 is 11.8 Å². The molecular weight excluding hydrogens is 250 g/mol. The second-order valence-corrected chi connectivity index (χ2v) is 5.23. The van der Waals surface area contributed by atoms with Crippen LogP contribution in [0.25, 0.3) is 0 Å². The van der Waals surface area contributed by atoms with Crippen LogP contribution in [0.1, 0.15) is 4.88 Å². The van der Waals surface area contributed by atoms with E-state index < -0.39 is 11.8 Å². The molecule has 0 unspecified atom stereocenters. The minimum atomic E-state index is -0.460. The van der Waals surface area contributed by atoms with Gasteiger partial charge < -0.3 is 9.80 Å². The highest BCUT2D eigenvalue weighted by Crippen LogP contribution is 2.20. The molecule has 0 atom stereocenters. The van der Waals surface area contributed by atoms with Crippen molar-refractivity contribution in [3.8, 4) is 0 Å². The molecule has 1 aliphatic heterocycles. The van der Waals surface area contributed by atoms with Gasteiger partial charge in [0.2, 0.25) is 0 Å². The second-order valence-electron chi connectivity index (χ2n) is 3.53. The number of rotatable bonds is 2. The van der Waals surface area contributed by atoms with Crippen molar-refractivity contribution in [2.45, 2.75) is 6.54 Å². The molecule has 1 aromatic heterocycles. The largest absolute Gasteiger partial charge is 0.336 e. The second kappa shape index (κ2) is 4.39. The van der Waals surface area contributed by atoms with E-state index in [2.05, 4.69) is 4.98 Å². The number of piperazine rings is 1. The smallest absolute Gasteiger partial charge is 0.312 e. The van der Waals surface area contributed by atoms with Crippen molar-refractivity contribution in [1.82, 2.24) is 14.8 Å². The first-order valence-electron chi connectivity index (χ1n) is 4.72. The Balaban J connectivity index is 2.06. The van der Waals surface area contributed by atoms with Gasteiger partial charge in [-0.25, -0.2) is 4.98 Å². The highest BCUT2D eigenvalue weighted by molar-refractivity contribution is 7.15. The van der Waals surface area contributed by atoms with E-state index in [1.165, 1.54) is 21.1 Å². The SMILES string of the molecule is CN1CCN(Cc2cnc(Cl)s2)C(=O)C1=O. The zero-order valence-corrected chi connectivity index (χ0v) is 10.2. The lowest BCUT2D eigenvalue weighted by Gasteiger charge is -2.30. The van der Waals surface area contributed by atoms with Crippen LogP contribution < -0.4 is 0 Å². The average Bonchev–Trinajstić information content (AvgIpc) is 2.65. The van der Waals surface area contributed by atoms with Crippen LogP contribution in [0.15, 0.2) is 6.20 Å². The van der Waals surface area contributed by atoms with Gasteiger partial charge in [-0.3, -0.25) is 9.59 Å². The molecule has 86 valence electrons. The van der Waals surface area contributed by atoms with Gasteiger partial charge in [0.15, 0.2) is 4.47 Å². The molecule has 0 aliphatic carbocycles. The molecule has 16 heavy (non-hydrogen) atoms. The van der Waals surface area contributed by atoms with Crippen LogP contribution in [0.4, 0.5) is 0 Å². The van der Waals surface area contributed by atoms with Crippen LogP contribution in [0.3, 0.4) is 0 Å². The van der Waals surface area contributed by atoms with Gasteiger partial charge in [-0.05, 0) is 0 Å². The Morgan fingerprint density at radius 3 is 2.81 bits per heavy atom. The third-order valence-corrected chi connectivity index (χ3v) is 3.49. The molecule has 7 heteroatoms. The van der Waals surface area contributed by atoms with Crippen LogP contribution in [0.2, 0.25) is 4.47 Å². The number of carbonyl (C=O) groups excluding carboxylic acids is 2. The molecule has 0 bridgehead atoms. The number of halogens is 1. The summed E-state index contributed by atoms with van der Waals surface area (Å²) < 4.78 is 0.447. The molecule has 1 aromatic rings. The van der Waals surface area contributed by atoms with E-state index in [1.54, 1.807) is 13.2 Å². The van der Waals surface area contributed by atoms with Gasteiger partial charge in [-0.15, -0.1) is 11.3 Å². The van der Waals surface area contributed by atoms with Gasteiger partial charge in [0.25, 0.3) is 0 Å². The Morgan fingerprint density at radius 1 is 1.44 bits per heavy atom. The van der Waals surface area contributed by atoms with E-state index >= 15 is 0 Å². The Morgan fingerprint density at radius 2 is 2.19 bits per heavy atom. The van der Waals surface area contributed by atoms with Crippen molar-refractivity contribution in [3.05, 3.63) is 15.5 Å². The first-order valence-corrected chi connectivity index (χ1v) is 5.92. The lowest BCUT2D eigenvalue weighted by molar-refractivity contribution is -0.155. The molecule has 5 nitrogen and oxygen atoms in total. The molecule has 0 aromatic carbocycles. The first-order chi connectivity index (χ1) is 7.58. The maximum absolute atomic E-state index is 11.6. The molecule has 1 aliphatic rings. The lowest BCUT2D eigenvalue weighted by atomic mass is 10.3. The molecule has 0 radical (unpaired) electrons. The van der Waals surface area contributed by atoms with E-state index in [-0.39, 0.29) is 0 Å². The van der Waals surface area contributed by atoms with Crippen molar-refractivity contribution in [3.63, 3.8) is 0 Å². The van der Waals surface area contributed by atoms with Gasteiger partial charge in [0.1, 0.15) is 0 Å². The summed E-state index contributed by atoms with van der Waals surface area (Å²) in [5.41, 5.74) is 0. The van der Waals surface area contributed by atoms with E-state index in [0.29, 0.717) is 24.1 Å². The Bertz CT molecular complexity index is 434. The summed E-state index contributed by atoms with van der Waals surface area (Å²) in [5.74, 6) is -0.917. The standard InChI is InChI=1S/C9H10ClN3O2S/c1-12-2-3-13(8(15)7(12)14)5-6-4-11-9(10)16-6/h4H,2-3,5H2,1H3. The maximum Gasteiger partial charge on any atom is 0.312 e. The van der Waals surface area contributed by atoms with E-state index in [0.717, 1.165) is 4.88 Å². The van der Waals surface area contributed by atoms with Gasteiger partial charge in [-0.1, -0.05) is 11.6 Å². The molecule has 2 amide bonds. The molecule has 1 saturated heterocycles. The highest BCUT2D eigenvalue weighted by atomic mass is 35.5. The van der Waals surface area contributed by atoms with Crippen molar-refractivity contribution in [1.29, 1.82) is 0 Å². The number of aromatic nitrogens is 1. The monoisotopic (exact) mass is 259 g/mol. The summed E-state index contributed by atoms with van der Waals surface area (Å²) in [4.78, 5) is 30.8. The molecular formula is C9H10ClN3O2S. The average molecular weight is 260 g/mol. The number of carbonyl (C=O) groups is 2. The number of hydrogen-bond donors (Lipinski definition) is 0. The summed E-state index contributed by atoms with van der Waals surface area (Å²) in [7, 11) is 1.63. The normalized spacial score (nSPS) is 17.1. The zero-order chi connectivity index (χ0) is 11.7. The number of hydrogen-bond acceptors (Lipinski definition) is 4. The molecule has 0 N–H and O–H groups in total. The van der Waals surface area contributed by atoms with Crippen LogP contribution >= 0.6 is 22.9 Å². The van der Waals surface area contributed by atoms with Crippen LogP contribution in [0.5, 0.6) is 0 Å². The Hall–Kier alpha value is -1.14. The van der Waals surface area contributed by atoms with Crippen molar-refractivity contribution in [2.24, 2.45) is 0 Å². The zero-order valence-electron chi connectivity index (χ0n) is 8.64. The lowest BCUT2D eigenvalue weighted by Crippen LogP contribution is -2.52. The van der Waals surface area contributed by atoms with E-state index in [9.17, 15) is 9.59 Å². The fourth-order valence-corrected chi connectivity index (χ4v) is 2.46. The molecule has 2 rings (SSSR count). The predicted molar refractivity (Wildman–Crippen MR) is 60.2 cm³/mol. The minimum absolute atomic E-state index is 0.406. The number of likely N-dealkylation sites (N-methyl/N-ethyl adjacent to an activating group) is 1. The van der Waals surface area contributed by atoms with Gasteiger partial charge in [0.05, 0.1) is 6.54 Å². The third-order valence-electron chi connectivity index (χ3n) is 2.39. The first kappa shape index (κ1) is 11.3. The number of amides is 2. The summed E-state index contributed by atoms with van der Waals surface area (Å²) in [6.45, 7) is 1.52.